The van der Waals surface area contributed by atoms with Gasteiger partial charge >= 0.3 is 0 Å². The van der Waals surface area contributed by atoms with Crippen molar-refractivity contribution in [3.63, 3.8) is 0 Å². The summed E-state index contributed by atoms with van der Waals surface area (Å²) in [5.41, 5.74) is 1.68. The van der Waals surface area contributed by atoms with Gasteiger partial charge in [-0.3, -0.25) is 0 Å². The number of sulfonamides is 1. The van der Waals surface area contributed by atoms with Crippen molar-refractivity contribution in [2.45, 2.75) is 18.2 Å². The topological polar surface area (TPSA) is 96.0 Å². The molecule has 7 heteroatoms. The van der Waals surface area contributed by atoms with E-state index in [-0.39, 0.29) is 17.0 Å². The van der Waals surface area contributed by atoms with Crippen LogP contribution in [0.2, 0.25) is 0 Å². The Morgan fingerprint density at radius 1 is 1.12 bits per heavy atom. The molecule has 0 radical (unpaired) electrons. The van der Waals surface area contributed by atoms with Crippen LogP contribution in [0, 0.1) is 18.3 Å². The first kappa shape index (κ1) is 17.9. The fourth-order valence-electron chi connectivity index (χ4n) is 2.54. The maximum atomic E-state index is 12.4. The lowest BCUT2D eigenvalue weighted by molar-refractivity contribution is 0.538. The van der Waals surface area contributed by atoms with E-state index in [1.165, 1.54) is 12.1 Å². The van der Waals surface area contributed by atoms with Gasteiger partial charge in [-0.25, -0.2) is 18.1 Å². The van der Waals surface area contributed by atoms with Crippen molar-refractivity contribution >= 4 is 10.0 Å². The molecule has 0 saturated carbocycles. The second-order valence-corrected chi connectivity index (χ2v) is 7.38. The molecule has 0 aliphatic rings. The number of benzene rings is 2. The average Bonchev–Trinajstić information content (AvgIpc) is 3.03. The molecule has 0 aliphatic carbocycles. The highest BCUT2D eigenvalue weighted by Gasteiger charge is 2.18. The number of nitrogens with zero attached hydrogens (tertiary/aromatic N) is 2. The highest BCUT2D eigenvalue weighted by molar-refractivity contribution is 7.89. The minimum atomic E-state index is -3.76. The Kier molecular flexibility index (Phi) is 5.16. The minimum absolute atomic E-state index is 0.0238. The zero-order chi connectivity index (χ0) is 18.6. The monoisotopic (exact) mass is 367 g/mol. The van der Waals surface area contributed by atoms with Gasteiger partial charge in [0.2, 0.25) is 15.9 Å². The number of aromatic nitrogens is 1. The number of rotatable bonds is 6. The summed E-state index contributed by atoms with van der Waals surface area (Å²) in [6.07, 6.45) is 0.385. The fourth-order valence-corrected chi connectivity index (χ4v) is 3.73. The van der Waals surface area contributed by atoms with Gasteiger partial charge in [-0.15, -0.1) is 0 Å². The van der Waals surface area contributed by atoms with Crippen LogP contribution in [-0.4, -0.2) is 19.9 Å². The largest absolute Gasteiger partial charge is 0.441 e. The summed E-state index contributed by atoms with van der Waals surface area (Å²) in [5, 5.41) is 9.07. The molecule has 132 valence electrons. The van der Waals surface area contributed by atoms with E-state index in [0.29, 0.717) is 23.8 Å². The van der Waals surface area contributed by atoms with Gasteiger partial charge in [-0.05, 0) is 31.2 Å². The van der Waals surface area contributed by atoms with Crippen LogP contribution < -0.4 is 4.72 Å². The van der Waals surface area contributed by atoms with Crippen LogP contribution in [0.25, 0.3) is 11.5 Å². The molecule has 1 N–H and O–H groups in total. The van der Waals surface area contributed by atoms with E-state index in [2.05, 4.69) is 9.71 Å². The molecule has 6 nitrogen and oxygen atoms in total. The number of nitrogens with one attached hydrogen (secondary N) is 1. The Morgan fingerprint density at radius 3 is 2.54 bits per heavy atom. The maximum absolute atomic E-state index is 12.4. The molecule has 0 saturated heterocycles. The highest BCUT2D eigenvalue weighted by Crippen LogP contribution is 2.21. The van der Waals surface area contributed by atoms with E-state index in [4.69, 9.17) is 9.68 Å². The molecule has 0 unspecified atom stereocenters. The predicted molar refractivity (Wildman–Crippen MR) is 96.7 cm³/mol. The summed E-state index contributed by atoms with van der Waals surface area (Å²) in [4.78, 5) is 4.43. The number of hydrogen-bond donors (Lipinski definition) is 1. The predicted octanol–water partition coefficient (Wildman–Crippen LogP) is 3.04. The van der Waals surface area contributed by atoms with E-state index < -0.39 is 10.0 Å². The molecule has 0 amide bonds. The zero-order valence-corrected chi connectivity index (χ0v) is 15.0. The Morgan fingerprint density at radius 2 is 1.81 bits per heavy atom. The van der Waals surface area contributed by atoms with Crippen molar-refractivity contribution < 1.29 is 12.8 Å². The molecular weight excluding hydrogens is 350 g/mol. The lowest BCUT2D eigenvalue weighted by Gasteiger charge is -2.07. The molecule has 3 aromatic rings. The fraction of sp³-hybridized carbons (Fsp3) is 0.158. The molecule has 0 aliphatic heterocycles. The zero-order valence-electron chi connectivity index (χ0n) is 14.1. The van der Waals surface area contributed by atoms with Crippen molar-refractivity contribution in [1.29, 1.82) is 5.26 Å². The quantitative estimate of drug-likeness (QED) is 0.722. The molecule has 26 heavy (non-hydrogen) atoms. The molecule has 1 aromatic heterocycles. The summed E-state index contributed by atoms with van der Waals surface area (Å²) < 4.78 is 33.0. The van der Waals surface area contributed by atoms with E-state index in [9.17, 15) is 8.42 Å². The smallest absolute Gasteiger partial charge is 0.241 e. The van der Waals surface area contributed by atoms with Gasteiger partial charge in [0.1, 0.15) is 11.8 Å². The summed E-state index contributed by atoms with van der Waals surface area (Å²) in [7, 11) is -3.76. The van der Waals surface area contributed by atoms with Gasteiger partial charge in [0.05, 0.1) is 16.2 Å². The molecule has 0 fully saturated rings. The lowest BCUT2D eigenvalue weighted by atomic mass is 10.2. The standard InChI is InChI=1S/C19H17N3O3S/c1-14-17(22-19(25-14)15-7-3-2-4-8-15)11-12-21-26(23,24)18-10-6-5-9-16(18)13-20/h2-10,21H,11-12H2,1H3. The van der Waals surface area contributed by atoms with Crippen molar-refractivity contribution in [3.8, 4) is 17.5 Å². The van der Waals surface area contributed by atoms with Gasteiger partial charge < -0.3 is 4.42 Å². The van der Waals surface area contributed by atoms with Gasteiger partial charge in [0, 0.05) is 18.5 Å². The van der Waals surface area contributed by atoms with Gasteiger partial charge in [0.15, 0.2) is 0 Å². The first-order chi connectivity index (χ1) is 12.5. The highest BCUT2D eigenvalue weighted by atomic mass is 32.2. The van der Waals surface area contributed by atoms with E-state index >= 15 is 0 Å². The molecular formula is C19H17N3O3S. The van der Waals surface area contributed by atoms with Crippen molar-refractivity contribution in [3.05, 3.63) is 71.6 Å². The molecule has 0 bridgehead atoms. The second kappa shape index (κ2) is 7.52. The van der Waals surface area contributed by atoms with E-state index in [0.717, 1.165) is 5.56 Å². The minimum Gasteiger partial charge on any atom is -0.441 e. The number of hydrogen-bond acceptors (Lipinski definition) is 5. The summed E-state index contributed by atoms with van der Waals surface area (Å²) in [5.74, 6) is 1.16. The van der Waals surface area contributed by atoms with Crippen molar-refractivity contribution in [2.24, 2.45) is 0 Å². The second-order valence-electron chi connectivity index (χ2n) is 5.64. The molecule has 0 atom stereocenters. The third kappa shape index (κ3) is 3.82. The summed E-state index contributed by atoms with van der Waals surface area (Å²) in [6.45, 7) is 1.96. The lowest BCUT2D eigenvalue weighted by Crippen LogP contribution is -2.26. The number of nitriles is 1. The van der Waals surface area contributed by atoms with Crippen LogP contribution in [0.4, 0.5) is 0 Å². The van der Waals surface area contributed by atoms with Crippen LogP contribution in [-0.2, 0) is 16.4 Å². The molecule has 1 heterocycles. The normalized spacial score (nSPS) is 11.2. The van der Waals surface area contributed by atoms with Gasteiger partial charge in [0.25, 0.3) is 0 Å². The third-order valence-electron chi connectivity index (χ3n) is 3.86. The molecule has 2 aromatic carbocycles. The van der Waals surface area contributed by atoms with Gasteiger partial charge in [-0.1, -0.05) is 30.3 Å². The Hall–Kier alpha value is -2.95. The molecule has 3 rings (SSSR count). The first-order valence-corrected chi connectivity index (χ1v) is 9.50. The average molecular weight is 367 g/mol. The Labute approximate surface area is 152 Å². The number of oxazole rings is 1. The summed E-state index contributed by atoms with van der Waals surface area (Å²) >= 11 is 0. The van der Waals surface area contributed by atoms with Crippen LogP contribution in [0.3, 0.4) is 0 Å². The van der Waals surface area contributed by atoms with Gasteiger partial charge in [-0.2, -0.15) is 5.26 Å². The van der Waals surface area contributed by atoms with Crippen molar-refractivity contribution in [1.82, 2.24) is 9.71 Å². The van der Waals surface area contributed by atoms with E-state index in [1.807, 2.05) is 36.4 Å². The SMILES string of the molecule is Cc1oc(-c2ccccc2)nc1CCNS(=O)(=O)c1ccccc1C#N. The maximum Gasteiger partial charge on any atom is 0.241 e. The summed E-state index contributed by atoms with van der Waals surface area (Å²) in [6, 6.07) is 17.5. The third-order valence-corrected chi connectivity index (χ3v) is 5.38. The van der Waals surface area contributed by atoms with Crippen LogP contribution in [0.5, 0.6) is 0 Å². The van der Waals surface area contributed by atoms with Crippen LogP contribution in [0.1, 0.15) is 17.0 Å². The van der Waals surface area contributed by atoms with Crippen molar-refractivity contribution in [2.75, 3.05) is 6.54 Å². The van der Waals surface area contributed by atoms with E-state index in [1.54, 1.807) is 19.1 Å². The van der Waals surface area contributed by atoms with Crippen LogP contribution in [0.15, 0.2) is 63.9 Å². The molecule has 0 spiro atoms. The number of aryl methyl sites for hydroxylation is 1. The Balaban J connectivity index is 1.71. The van der Waals surface area contributed by atoms with Crippen LogP contribution >= 0.6 is 0 Å². The Bertz CT molecular complexity index is 1050. The first-order valence-electron chi connectivity index (χ1n) is 8.02.